The van der Waals surface area contributed by atoms with E-state index < -0.39 is 0 Å². The smallest absolute Gasteiger partial charge is 0.254 e. The summed E-state index contributed by atoms with van der Waals surface area (Å²) in [5, 5.41) is 12.2. The summed E-state index contributed by atoms with van der Waals surface area (Å²) in [6, 6.07) is 3.94. The van der Waals surface area contributed by atoms with E-state index in [1.165, 1.54) is 0 Å². The van der Waals surface area contributed by atoms with Gasteiger partial charge in [-0.25, -0.2) is 4.98 Å². The van der Waals surface area contributed by atoms with Crippen LogP contribution >= 0.6 is 0 Å². The highest BCUT2D eigenvalue weighted by Gasteiger charge is 2.33. The van der Waals surface area contributed by atoms with Gasteiger partial charge >= 0.3 is 0 Å². The van der Waals surface area contributed by atoms with Crippen LogP contribution in [0.5, 0.6) is 0 Å². The van der Waals surface area contributed by atoms with Crippen molar-refractivity contribution in [1.82, 2.24) is 9.88 Å². The van der Waals surface area contributed by atoms with E-state index in [-0.39, 0.29) is 24.0 Å². The molecule has 0 unspecified atom stereocenters. The van der Waals surface area contributed by atoms with Crippen molar-refractivity contribution in [1.29, 1.82) is 0 Å². The van der Waals surface area contributed by atoms with Gasteiger partial charge in [0.1, 0.15) is 5.82 Å². The molecule has 1 fully saturated rings. The van der Waals surface area contributed by atoms with E-state index in [2.05, 4.69) is 31.1 Å². The number of aromatic nitrogens is 1. The Kier molecular flexibility index (Phi) is 4.52. The average Bonchev–Trinajstić information content (AvgIpc) is 3.27. The van der Waals surface area contributed by atoms with Crippen LogP contribution in [0.4, 0.5) is 5.82 Å². The standard InChI is InChI=1S/C16H25N3O2/c1-16(2,3)13-9-11(10-14(17-4)18-13)15(21)19(7-8-20)12-5-6-12/h9-10,12,20H,5-8H2,1-4H3,(H,17,18). The van der Waals surface area contributed by atoms with Gasteiger partial charge in [-0.3, -0.25) is 4.79 Å². The summed E-state index contributed by atoms with van der Waals surface area (Å²) in [6.45, 7) is 6.63. The van der Waals surface area contributed by atoms with Gasteiger partial charge in [0.05, 0.1) is 6.61 Å². The molecule has 0 atom stereocenters. The fourth-order valence-electron chi connectivity index (χ4n) is 2.28. The van der Waals surface area contributed by atoms with Gasteiger partial charge in [0.25, 0.3) is 5.91 Å². The lowest BCUT2D eigenvalue weighted by Crippen LogP contribution is -2.35. The molecule has 2 N–H and O–H groups in total. The molecule has 0 bridgehead atoms. The molecule has 1 aromatic heterocycles. The molecule has 1 amide bonds. The maximum absolute atomic E-state index is 12.7. The minimum absolute atomic E-state index is 0.00165. The minimum atomic E-state index is -0.122. The Morgan fingerprint density at radius 1 is 1.43 bits per heavy atom. The molecule has 0 spiro atoms. The molecule has 1 aromatic rings. The van der Waals surface area contributed by atoms with Crippen molar-refractivity contribution in [2.45, 2.75) is 45.1 Å². The SMILES string of the molecule is CNc1cc(C(=O)N(CCO)C2CC2)cc(C(C)(C)C)n1. The molecule has 0 aromatic carbocycles. The fraction of sp³-hybridized carbons (Fsp3) is 0.625. The molecule has 21 heavy (non-hydrogen) atoms. The lowest BCUT2D eigenvalue weighted by molar-refractivity contribution is 0.0707. The molecule has 0 saturated heterocycles. The van der Waals surface area contributed by atoms with Crippen molar-refractivity contribution >= 4 is 11.7 Å². The van der Waals surface area contributed by atoms with E-state index >= 15 is 0 Å². The number of hydrogen-bond acceptors (Lipinski definition) is 4. The molecule has 2 rings (SSSR count). The first-order chi connectivity index (χ1) is 9.86. The van der Waals surface area contributed by atoms with Crippen LogP contribution in [0.2, 0.25) is 0 Å². The molecule has 1 aliphatic rings. The number of pyridine rings is 1. The van der Waals surface area contributed by atoms with Crippen LogP contribution in [-0.4, -0.2) is 47.1 Å². The number of rotatable bonds is 5. The van der Waals surface area contributed by atoms with Crippen LogP contribution in [0.25, 0.3) is 0 Å². The Bertz CT molecular complexity index is 519. The normalized spacial score (nSPS) is 14.9. The number of anilines is 1. The molecule has 0 aliphatic heterocycles. The first-order valence-electron chi connectivity index (χ1n) is 7.49. The van der Waals surface area contributed by atoms with E-state index in [1.807, 2.05) is 6.07 Å². The van der Waals surface area contributed by atoms with Crippen LogP contribution in [0.1, 0.15) is 49.7 Å². The first-order valence-corrected chi connectivity index (χ1v) is 7.49. The van der Waals surface area contributed by atoms with Crippen molar-refractivity contribution in [2.75, 3.05) is 25.5 Å². The maximum Gasteiger partial charge on any atom is 0.254 e. The molecule has 1 aliphatic carbocycles. The van der Waals surface area contributed by atoms with Crippen LogP contribution in [0.15, 0.2) is 12.1 Å². The Morgan fingerprint density at radius 3 is 2.57 bits per heavy atom. The van der Waals surface area contributed by atoms with E-state index in [9.17, 15) is 9.90 Å². The zero-order valence-electron chi connectivity index (χ0n) is 13.3. The number of nitrogens with one attached hydrogen (secondary N) is 1. The third-order valence-corrected chi connectivity index (χ3v) is 3.69. The van der Waals surface area contributed by atoms with Gasteiger partial charge in [-0.2, -0.15) is 0 Å². The van der Waals surface area contributed by atoms with E-state index in [0.29, 0.717) is 17.9 Å². The van der Waals surface area contributed by atoms with E-state index in [4.69, 9.17) is 0 Å². The summed E-state index contributed by atoms with van der Waals surface area (Å²) in [4.78, 5) is 19.0. The van der Waals surface area contributed by atoms with Gasteiger partial charge < -0.3 is 15.3 Å². The molecule has 5 heteroatoms. The quantitative estimate of drug-likeness (QED) is 0.871. The van der Waals surface area contributed by atoms with Gasteiger partial charge in [-0.05, 0) is 25.0 Å². The van der Waals surface area contributed by atoms with Gasteiger partial charge in [-0.15, -0.1) is 0 Å². The largest absolute Gasteiger partial charge is 0.395 e. The zero-order valence-corrected chi connectivity index (χ0v) is 13.3. The number of aliphatic hydroxyl groups is 1. The monoisotopic (exact) mass is 291 g/mol. The molecule has 116 valence electrons. The van der Waals surface area contributed by atoms with Gasteiger partial charge in [-0.1, -0.05) is 20.8 Å². The molecular weight excluding hydrogens is 266 g/mol. The summed E-state index contributed by atoms with van der Waals surface area (Å²) in [5.74, 6) is 0.682. The van der Waals surface area contributed by atoms with Gasteiger partial charge in [0.2, 0.25) is 0 Å². The number of nitrogens with zero attached hydrogens (tertiary/aromatic N) is 2. The highest BCUT2D eigenvalue weighted by molar-refractivity contribution is 5.95. The second-order valence-corrected chi connectivity index (χ2v) is 6.58. The number of carbonyl (C=O) groups excluding carboxylic acids is 1. The third-order valence-electron chi connectivity index (χ3n) is 3.69. The van der Waals surface area contributed by atoms with E-state index in [0.717, 1.165) is 18.5 Å². The predicted molar refractivity (Wildman–Crippen MR) is 83.6 cm³/mol. The van der Waals surface area contributed by atoms with Crippen LogP contribution < -0.4 is 5.32 Å². The second-order valence-electron chi connectivity index (χ2n) is 6.58. The Balaban J connectivity index is 2.35. The molecule has 1 heterocycles. The fourth-order valence-corrected chi connectivity index (χ4v) is 2.28. The second kappa shape index (κ2) is 6.02. The minimum Gasteiger partial charge on any atom is -0.395 e. The first kappa shape index (κ1) is 15.8. The van der Waals surface area contributed by atoms with Crippen molar-refractivity contribution in [3.63, 3.8) is 0 Å². The van der Waals surface area contributed by atoms with Gasteiger partial charge in [0, 0.05) is 36.3 Å². The predicted octanol–water partition coefficient (Wildman–Crippen LogP) is 2.02. The lowest BCUT2D eigenvalue weighted by atomic mass is 9.90. The summed E-state index contributed by atoms with van der Waals surface area (Å²) in [7, 11) is 1.80. The zero-order chi connectivity index (χ0) is 15.6. The van der Waals surface area contributed by atoms with Crippen molar-refractivity contribution < 1.29 is 9.90 Å². The average molecular weight is 291 g/mol. The Morgan fingerprint density at radius 2 is 2.10 bits per heavy atom. The highest BCUT2D eigenvalue weighted by atomic mass is 16.3. The lowest BCUT2D eigenvalue weighted by Gasteiger charge is -2.24. The van der Waals surface area contributed by atoms with Crippen LogP contribution in [0, 0.1) is 0 Å². The summed E-state index contributed by atoms with van der Waals surface area (Å²) >= 11 is 0. The number of hydrogen-bond donors (Lipinski definition) is 2. The van der Waals surface area contributed by atoms with Crippen molar-refractivity contribution in [3.05, 3.63) is 23.4 Å². The molecule has 5 nitrogen and oxygen atoms in total. The van der Waals surface area contributed by atoms with Crippen LogP contribution in [-0.2, 0) is 5.41 Å². The Hall–Kier alpha value is -1.62. The van der Waals surface area contributed by atoms with Crippen molar-refractivity contribution in [2.24, 2.45) is 0 Å². The van der Waals surface area contributed by atoms with E-state index in [1.54, 1.807) is 18.0 Å². The van der Waals surface area contributed by atoms with Crippen LogP contribution in [0.3, 0.4) is 0 Å². The Labute approximate surface area is 126 Å². The summed E-state index contributed by atoms with van der Waals surface area (Å²) < 4.78 is 0. The summed E-state index contributed by atoms with van der Waals surface area (Å²) in [6.07, 6.45) is 2.06. The van der Waals surface area contributed by atoms with Crippen molar-refractivity contribution in [3.8, 4) is 0 Å². The maximum atomic E-state index is 12.7. The third kappa shape index (κ3) is 3.73. The number of amides is 1. The highest BCUT2D eigenvalue weighted by Crippen LogP contribution is 2.29. The molecular formula is C16H25N3O2. The number of aliphatic hydroxyl groups excluding tert-OH is 1. The molecule has 0 radical (unpaired) electrons. The molecule has 1 saturated carbocycles. The number of carbonyl (C=O) groups is 1. The topological polar surface area (TPSA) is 65.5 Å². The van der Waals surface area contributed by atoms with Gasteiger partial charge in [0.15, 0.2) is 0 Å². The summed E-state index contributed by atoms with van der Waals surface area (Å²) in [5.41, 5.74) is 1.40.